The number of ether oxygens (including phenoxy) is 1. The van der Waals surface area contributed by atoms with E-state index in [4.69, 9.17) is 4.74 Å². The highest BCUT2D eigenvalue weighted by molar-refractivity contribution is 7.89. The quantitative estimate of drug-likeness (QED) is 0.604. The molecule has 0 atom stereocenters. The Labute approximate surface area is 178 Å². The van der Waals surface area contributed by atoms with Crippen LogP contribution < -0.4 is 14.8 Å². The maximum absolute atomic E-state index is 12.7. The molecule has 3 rings (SSSR count). The van der Waals surface area contributed by atoms with Gasteiger partial charge in [0.2, 0.25) is 15.9 Å². The molecule has 0 spiro atoms. The van der Waals surface area contributed by atoms with Gasteiger partial charge in [-0.2, -0.15) is 0 Å². The summed E-state index contributed by atoms with van der Waals surface area (Å²) in [6.07, 6.45) is 0.910. The van der Waals surface area contributed by atoms with E-state index < -0.39 is 10.0 Å². The minimum absolute atomic E-state index is 0.0447. The van der Waals surface area contributed by atoms with Gasteiger partial charge in [-0.25, -0.2) is 13.1 Å². The molecule has 2 N–H and O–H groups in total. The van der Waals surface area contributed by atoms with Gasteiger partial charge in [-0.3, -0.25) is 4.79 Å². The van der Waals surface area contributed by atoms with Crippen LogP contribution in [-0.4, -0.2) is 45.5 Å². The number of aryl methyl sites for hydroxylation is 1. The number of rotatable bonds is 10. The number of anilines is 1. The van der Waals surface area contributed by atoms with Crippen LogP contribution in [0.15, 0.2) is 47.4 Å². The van der Waals surface area contributed by atoms with Crippen LogP contribution in [0.3, 0.4) is 0 Å². The maximum Gasteiger partial charge on any atom is 0.240 e. The standard InChI is InChI=1S/C22H29N3O4S/c1-3-25(4-2)13-14-29-19-8-5-17(6-9-19)16-23-30(27,28)20-10-11-21-18(15-20)7-12-22(26)24-21/h5-6,8-11,15,23H,3-4,7,12-14,16H2,1-2H3,(H,24,26). The Morgan fingerprint density at radius 2 is 1.80 bits per heavy atom. The average Bonchev–Trinajstić information content (AvgIpc) is 2.76. The summed E-state index contributed by atoms with van der Waals surface area (Å²) in [7, 11) is -3.64. The van der Waals surface area contributed by atoms with Crippen LogP contribution in [0.5, 0.6) is 5.75 Å². The Balaban J connectivity index is 1.55. The number of nitrogens with zero attached hydrogens (tertiary/aromatic N) is 1. The molecule has 0 saturated carbocycles. The number of hydrogen-bond donors (Lipinski definition) is 2. The van der Waals surface area contributed by atoms with E-state index in [-0.39, 0.29) is 17.3 Å². The molecule has 1 aliphatic heterocycles. The van der Waals surface area contributed by atoms with Crippen molar-refractivity contribution >= 4 is 21.6 Å². The van der Waals surface area contributed by atoms with Crippen LogP contribution in [0.2, 0.25) is 0 Å². The molecule has 1 heterocycles. The summed E-state index contributed by atoms with van der Waals surface area (Å²) in [5, 5.41) is 2.76. The van der Waals surface area contributed by atoms with Gasteiger partial charge in [0.15, 0.2) is 0 Å². The van der Waals surface area contributed by atoms with E-state index in [1.54, 1.807) is 12.1 Å². The van der Waals surface area contributed by atoms with Crippen LogP contribution in [-0.2, 0) is 27.8 Å². The van der Waals surface area contributed by atoms with Gasteiger partial charge >= 0.3 is 0 Å². The fourth-order valence-electron chi connectivity index (χ4n) is 3.32. The predicted octanol–water partition coefficient (Wildman–Crippen LogP) is 2.77. The Hall–Kier alpha value is -2.42. The number of likely N-dealkylation sites (N-methyl/N-ethyl adjacent to an activating group) is 1. The summed E-state index contributed by atoms with van der Waals surface area (Å²) >= 11 is 0. The number of carbonyl (C=O) groups is 1. The van der Waals surface area contributed by atoms with Crippen molar-refractivity contribution < 1.29 is 17.9 Å². The molecule has 1 aliphatic rings. The highest BCUT2D eigenvalue weighted by Crippen LogP contribution is 2.25. The highest BCUT2D eigenvalue weighted by Gasteiger charge is 2.19. The molecule has 0 fully saturated rings. The predicted molar refractivity (Wildman–Crippen MR) is 117 cm³/mol. The van der Waals surface area contributed by atoms with Gasteiger partial charge in [-0.05, 0) is 61.0 Å². The lowest BCUT2D eigenvalue weighted by Gasteiger charge is -2.18. The number of sulfonamides is 1. The van der Waals surface area contributed by atoms with Gasteiger partial charge in [0.1, 0.15) is 12.4 Å². The summed E-state index contributed by atoms with van der Waals surface area (Å²) in [6, 6.07) is 12.2. The Bertz CT molecular complexity index is 970. The van der Waals surface area contributed by atoms with E-state index in [0.29, 0.717) is 25.1 Å². The summed E-state index contributed by atoms with van der Waals surface area (Å²) in [5.41, 5.74) is 2.37. The van der Waals surface area contributed by atoms with E-state index in [1.165, 1.54) is 6.07 Å². The summed E-state index contributed by atoms with van der Waals surface area (Å²) in [4.78, 5) is 13.9. The van der Waals surface area contributed by atoms with E-state index in [2.05, 4.69) is 28.8 Å². The first-order valence-corrected chi connectivity index (χ1v) is 11.8. The summed E-state index contributed by atoms with van der Waals surface area (Å²) < 4.78 is 33.7. The smallest absolute Gasteiger partial charge is 0.240 e. The molecule has 0 aliphatic carbocycles. The van der Waals surface area contributed by atoms with Gasteiger partial charge < -0.3 is 15.0 Å². The molecule has 8 heteroatoms. The van der Waals surface area contributed by atoms with Crippen molar-refractivity contribution in [3.8, 4) is 5.75 Å². The first-order valence-electron chi connectivity index (χ1n) is 10.3. The second kappa shape index (κ2) is 10.1. The van der Waals surface area contributed by atoms with Crippen molar-refractivity contribution in [1.82, 2.24) is 9.62 Å². The van der Waals surface area contributed by atoms with E-state index >= 15 is 0 Å². The van der Waals surface area contributed by atoms with Gasteiger partial charge in [0.05, 0.1) is 4.90 Å². The zero-order valence-corrected chi connectivity index (χ0v) is 18.3. The first-order chi connectivity index (χ1) is 14.4. The van der Waals surface area contributed by atoms with Gasteiger partial charge in [-0.1, -0.05) is 26.0 Å². The first kappa shape index (κ1) is 22.3. The molecule has 0 saturated heterocycles. The van der Waals surface area contributed by atoms with Crippen LogP contribution in [0.1, 0.15) is 31.4 Å². The lowest BCUT2D eigenvalue weighted by Crippen LogP contribution is -2.27. The molecule has 1 amide bonds. The summed E-state index contributed by atoms with van der Waals surface area (Å²) in [6.45, 7) is 7.93. The second-order valence-electron chi connectivity index (χ2n) is 7.21. The van der Waals surface area contributed by atoms with E-state index in [0.717, 1.165) is 36.5 Å². The van der Waals surface area contributed by atoms with Crippen LogP contribution in [0, 0.1) is 0 Å². The van der Waals surface area contributed by atoms with Gasteiger partial charge in [0.25, 0.3) is 0 Å². The lowest BCUT2D eigenvalue weighted by molar-refractivity contribution is -0.116. The maximum atomic E-state index is 12.7. The lowest BCUT2D eigenvalue weighted by atomic mass is 10.0. The average molecular weight is 432 g/mol. The molecule has 0 bridgehead atoms. The summed E-state index contributed by atoms with van der Waals surface area (Å²) in [5.74, 6) is 0.724. The minimum atomic E-state index is -3.64. The fourth-order valence-corrected chi connectivity index (χ4v) is 4.39. The third-order valence-electron chi connectivity index (χ3n) is 5.24. The van der Waals surface area contributed by atoms with Crippen molar-refractivity contribution in [3.05, 3.63) is 53.6 Å². The fraction of sp³-hybridized carbons (Fsp3) is 0.409. The minimum Gasteiger partial charge on any atom is -0.492 e. The second-order valence-corrected chi connectivity index (χ2v) is 8.98. The van der Waals surface area contributed by atoms with Gasteiger partial charge in [0, 0.05) is 25.2 Å². The number of benzene rings is 2. The van der Waals surface area contributed by atoms with Crippen LogP contribution >= 0.6 is 0 Å². The van der Waals surface area contributed by atoms with E-state index in [1.807, 2.05) is 24.3 Å². The van der Waals surface area contributed by atoms with Crippen LogP contribution in [0.25, 0.3) is 0 Å². The molecule has 162 valence electrons. The topological polar surface area (TPSA) is 87.7 Å². The third-order valence-corrected chi connectivity index (χ3v) is 6.64. The molecule has 30 heavy (non-hydrogen) atoms. The SMILES string of the molecule is CCN(CC)CCOc1ccc(CNS(=O)(=O)c2ccc3c(c2)CCC(=O)N3)cc1. The molecule has 7 nitrogen and oxygen atoms in total. The molecular formula is C22H29N3O4S. The Morgan fingerprint density at radius 1 is 1.07 bits per heavy atom. The number of carbonyl (C=O) groups excluding carboxylic acids is 1. The zero-order chi connectivity index (χ0) is 21.6. The number of nitrogens with one attached hydrogen (secondary N) is 2. The number of amides is 1. The van der Waals surface area contributed by atoms with E-state index in [9.17, 15) is 13.2 Å². The molecular weight excluding hydrogens is 402 g/mol. The number of hydrogen-bond acceptors (Lipinski definition) is 5. The Morgan fingerprint density at radius 3 is 2.50 bits per heavy atom. The molecule has 2 aromatic carbocycles. The number of fused-ring (bicyclic) bond motifs is 1. The van der Waals surface area contributed by atoms with Crippen LogP contribution in [0.4, 0.5) is 5.69 Å². The normalized spacial score (nSPS) is 13.8. The molecule has 0 unspecified atom stereocenters. The molecule has 0 radical (unpaired) electrons. The largest absolute Gasteiger partial charge is 0.492 e. The monoisotopic (exact) mass is 431 g/mol. The Kier molecular flexibility index (Phi) is 7.47. The van der Waals surface area contributed by atoms with Crippen molar-refractivity contribution in [2.24, 2.45) is 0 Å². The van der Waals surface area contributed by atoms with Crippen molar-refractivity contribution in [3.63, 3.8) is 0 Å². The zero-order valence-electron chi connectivity index (χ0n) is 17.5. The highest BCUT2D eigenvalue weighted by atomic mass is 32.2. The van der Waals surface area contributed by atoms with Crippen molar-refractivity contribution in [2.45, 2.75) is 38.1 Å². The molecule has 2 aromatic rings. The van der Waals surface area contributed by atoms with Crippen molar-refractivity contribution in [2.75, 3.05) is 31.6 Å². The molecule has 0 aromatic heterocycles. The van der Waals surface area contributed by atoms with Gasteiger partial charge in [-0.15, -0.1) is 0 Å². The third kappa shape index (κ3) is 5.81. The van der Waals surface area contributed by atoms with Crippen molar-refractivity contribution in [1.29, 1.82) is 0 Å².